The van der Waals surface area contributed by atoms with E-state index in [0.29, 0.717) is 32.8 Å². The Morgan fingerprint density at radius 2 is 2.26 bits per heavy atom. The first-order valence-electron chi connectivity index (χ1n) is 6.77. The maximum absolute atomic E-state index is 12.1. The van der Waals surface area contributed by atoms with Crippen molar-refractivity contribution < 1.29 is 19.0 Å². The van der Waals surface area contributed by atoms with Crippen LogP contribution >= 0.6 is 0 Å². The van der Waals surface area contributed by atoms with Gasteiger partial charge in [0.2, 0.25) is 0 Å². The molecule has 6 nitrogen and oxygen atoms in total. The van der Waals surface area contributed by atoms with Gasteiger partial charge in [0.05, 0.1) is 25.9 Å². The minimum atomic E-state index is -0.478. The van der Waals surface area contributed by atoms with Crippen LogP contribution in [0.1, 0.15) is 27.2 Å². The van der Waals surface area contributed by atoms with Crippen molar-refractivity contribution in [2.45, 2.75) is 44.5 Å². The smallest absolute Gasteiger partial charge is 0.410 e. The Kier molecular flexibility index (Phi) is 4.03. The quantitative estimate of drug-likeness (QED) is 0.762. The van der Waals surface area contributed by atoms with Gasteiger partial charge in [0, 0.05) is 19.5 Å². The highest BCUT2D eigenvalue weighted by molar-refractivity contribution is 5.68. The van der Waals surface area contributed by atoms with E-state index in [2.05, 4.69) is 0 Å². The van der Waals surface area contributed by atoms with E-state index in [-0.39, 0.29) is 12.2 Å². The van der Waals surface area contributed by atoms with Crippen LogP contribution in [0.3, 0.4) is 0 Å². The largest absolute Gasteiger partial charge is 0.444 e. The Morgan fingerprint density at radius 3 is 2.84 bits per heavy atom. The van der Waals surface area contributed by atoms with Crippen LogP contribution in [-0.2, 0) is 14.2 Å². The zero-order chi connectivity index (χ0) is 14.1. The molecular formula is C13H24N2O4. The summed E-state index contributed by atoms with van der Waals surface area (Å²) in [6.45, 7) is 8.16. The van der Waals surface area contributed by atoms with E-state index in [9.17, 15) is 4.79 Å². The van der Waals surface area contributed by atoms with Gasteiger partial charge in [-0.1, -0.05) is 0 Å². The molecule has 2 aliphatic heterocycles. The van der Waals surface area contributed by atoms with Crippen LogP contribution in [0.5, 0.6) is 0 Å². The van der Waals surface area contributed by atoms with E-state index < -0.39 is 11.2 Å². The lowest BCUT2D eigenvalue weighted by molar-refractivity contribution is -0.108. The third-order valence-corrected chi connectivity index (χ3v) is 3.34. The molecule has 0 aromatic carbocycles. The Morgan fingerprint density at radius 1 is 1.53 bits per heavy atom. The van der Waals surface area contributed by atoms with Crippen molar-refractivity contribution >= 4 is 6.09 Å². The molecule has 1 amide bonds. The number of morpholine rings is 1. The highest BCUT2D eigenvalue weighted by Crippen LogP contribution is 2.31. The summed E-state index contributed by atoms with van der Waals surface area (Å²) in [5, 5.41) is 0. The van der Waals surface area contributed by atoms with Crippen LogP contribution in [0, 0.1) is 0 Å². The fourth-order valence-corrected chi connectivity index (χ4v) is 2.49. The predicted octanol–water partition coefficient (Wildman–Crippen LogP) is 0.740. The number of hydrogen-bond donors (Lipinski definition) is 1. The highest BCUT2D eigenvalue weighted by Gasteiger charge is 2.45. The van der Waals surface area contributed by atoms with Crippen LogP contribution < -0.4 is 5.73 Å². The molecule has 0 aromatic rings. The molecule has 2 N–H and O–H groups in total. The number of ether oxygens (including phenoxy) is 3. The van der Waals surface area contributed by atoms with Gasteiger partial charge in [-0.05, 0) is 20.8 Å². The average Bonchev–Trinajstić information content (AvgIpc) is 2.70. The standard InChI is InChI=1S/C13H24N2O4/c1-12(2,3)19-11(16)15-4-5-18-13(8-15)6-10(7-14)17-9-13/h10H,4-9,14H2,1-3H3. The lowest BCUT2D eigenvalue weighted by atomic mass is 9.98. The van der Waals surface area contributed by atoms with Gasteiger partial charge in [0.1, 0.15) is 11.2 Å². The molecular weight excluding hydrogens is 248 g/mol. The van der Waals surface area contributed by atoms with Crippen molar-refractivity contribution in [1.29, 1.82) is 0 Å². The topological polar surface area (TPSA) is 74.0 Å². The van der Waals surface area contributed by atoms with Crippen LogP contribution in [0.2, 0.25) is 0 Å². The fraction of sp³-hybridized carbons (Fsp3) is 0.923. The number of carbonyl (C=O) groups excluding carboxylic acids is 1. The Balaban J connectivity index is 1.96. The molecule has 2 saturated heterocycles. The van der Waals surface area contributed by atoms with E-state index in [4.69, 9.17) is 19.9 Å². The zero-order valence-electron chi connectivity index (χ0n) is 12.0. The van der Waals surface area contributed by atoms with Gasteiger partial charge in [-0.2, -0.15) is 0 Å². The maximum Gasteiger partial charge on any atom is 0.410 e. The molecule has 110 valence electrons. The number of amides is 1. The summed E-state index contributed by atoms with van der Waals surface area (Å²) in [7, 11) is 0. The second-order valence-corrected chi connectivity index (χ2v) is 6.31. The first-order chi connectivity index (χ1) is 8.84. The first kappa shape index (κ1) is 14.6. The van der Waals surface area contributed by atoms with Crippen LogP contribution in [0.4, 0.5) is 4.79 Å². The third-order valence-electron chi connectivity index (χ3n) is 3.34. The molecule has 0 bridgehead atoms. The van der Waals surface area contributed by atoms with Gasteiger partial charge >= 0.3 is 6.09 Å². The van der Waals surface area contributed by atoms with E-state index in [1.54, 1.807) is 4.90 Å². The average molecular weight is 272 g/mol. The molecule has 1 spiro atoms. The molecule has 0 aliphatic carbocycles. The summed E-state index contributed by atoms with van der Waals surface area (Å²) in [4.78, 5) is 13.8. The van der Waals surface area contributed by atoms with Crippen molar-refractivity contribution in [3.8, 4) is 0 Å². The van der Waals surface area contributed by atoms with E-state index in [0.717, 1.165) is 6.42 Å². The van der Waals surface area contributed by atoms with Gasteiger partial charge in [0.25, 0.3) is 0 Å². The van der Waals surface area contributed by atoms with Gasteiger partial charge in [0.15, 0.2) is 0 Å². The predicted molar refractivity (Wildman–Crippen MR) is 69.9 cm³/mol. The summed E-state index contributed by atoms with van der Waals surface area (Å²) >= 11 is 0. The Hall–Kier alpha value is -0.850. The zero-order valence-corrected chi connectivity index (χ0v) is 12.0. The van der Waals surface area contributed by atoms with Gasteiger partial charge < -0.3 is 24.8 Å². The van der Waals surface area contributed by atoms with Gasteiger partial charge in [-0.25, -0.2) is 4.79 Å². The molecule has 2 unspecified atom stereocenters. The van der Waals surface area contributed by atoms with Gasteiger partial charge in [-0.3, -0.25) is 0 Å². The fourth-order valence-electron chi connectivity index (χ4n) is 2.49. The van der Waals surface area contributed by atoms with Crippen molar-refractivity contribution in [3.05, 3.63) is 0 Å². The molecule has 2 fully saturated rings. The number of rotatable bonds is 1. The molecule has 2 atom stereocenters. The van der Waals surface area contributed by atoms with E-state index >= 15 is 0 Å². The molecule has 0 saturated carbocycles. The van der Waals surface area contributed by atoms with Crippen LogP contribution in [-0.4, -0.2) is 61.1 Å². The van der Waals surface area contributed by atoms with Crippen LogP contribution in [0.25, 0.3) is 0 Å². The Labute approximate surface area is 114 Å². The first-order valence-corrected chi connectivity index (χ1v) is 6.77. The molecule has 2 rings (SSSR count). The molecule has 0 radical (unpaired) electrons. The lowest BCUT2D eigenvalue weighted by Crippen LogP contribution is -2.55. The second-order valence-electron chi connectivity index (χ2n) is 6.31. The molecule has 2 aliphatic rings. The Bertz CT molecular complexity index is 342. The number of nitrogens with two attached hydrogens (primary N) is 1. The third kappa shape index (κ3) is 3.58. The second kappa shape index (κ2) is 5.26. The SMILES string of the molecule is CC(C)(C)OC(=O)N1CCOC2(COC(CN)C2)C1. The van der Waals surface area contributed by atoms with Crippen LogP contribution in [0.15, 0.2) is 0 Å². The highest BCUT2D eigenvalue weighted by atomic mass is 16.6. The summed E-state index contributed by atoms with van der Waals surface area (Å²) in [5.74, 6) is 0. The summed E-state index contributed by atoms with van der Waals surface area (Å²) in [6, 6.07) is 0. The maximum atomic E-state index is 12.1. The van der Waals surface area contributed by atoms with Gasteiger partial charge in [-0.15, -0.1) is 0 Å². The van der Waals surface area contributed by atoms with E-state index in [1.807, 2.05) is 20.8 Å². The van der Waals surface area contributed by atoms with Crippen molar-refractivity contribution in [1.82, 2.24) is 4.90 Å². The summed E-state index contributed by atoms with van der Waals surface area (Å²) in [6.07, 6.45) is 0.480. The normalized spacial score (nSPS) is 31.8. The lowest BCUT2D eigenvalue weighted by Gasteiger charge is -2.39. The molecule has 2 heterocycles. The van der Waals surface area contributed by atoms with Crippen molar-refractivity contribution in [3.63, 3.8) is 0 Å². The number of hydrogen-bond acceptors (Lipinski definition) is 5. The summed E-state index contributed by atoms with van der Waals surface area (Å²) in [5.41, 5.74) is 4.73. The number of nitrogens with zero attached hydrogens (tertiary/aromatic N) is 1. The monoisotopic (exact) mass is 272 g/mol. The minimum Gasteiger partial charge on any atom is -0.444 e. The van der Waals surface area contributed by atoms with Crippen molar-refractivity contribution in [2.24, 2.45) is 5.73 Å². The van der Waals surface area contributed by atoms with E-state index in [1.165, 1.54) is 0 Å². The summed E-state index contributed by atoms with van der Waals surface area (Å²) < 4.78 is 16.8. The number of carbonyl (C=O) groups is 1. The molecule has 6 heteroatoms. The molecule has 0 aromatic heterocycles. The molecule has 19 heavy (non-hydrogen) atoms. The van der Waals surface area contributed by atoms with Crippen molar-refractivity contribution in [2.75, 3.05) is 32.8 Å². The minimum absolute atomic E-state index is 0.0265.